The summed E-state index contributed by atoms with van der Waals surface area (Å²) in [6, 6.07) is 3.83. The number of aryl methyl sites for hydroxylation is 1. The van der Waals surface area contributed by atoms with E-state index in [0.717, 1.165) is 25.9 Å². The Balaban J connectivity index is 2.11. The van der Waals surface area contributed by atoms with E-state index in [9.17, 15) is 12.8 Å². The highest BCUT2D eigenvalue weighted by atomic mass is 32.2. The summed E-state index contributed by atoms with van der Waals surface area (Å²) in [5.41, 5.74) is 0.339. The molecule has 0 radical (unpaired) electrons. The molecular formula is C13H19FN2O2S. The summed E-state index contributed by atoms with van der Waals surface area (Å²) in [4.78, 5) is 2.30. The van der Waals surface area contributed by atoms with Gasteiger partial charge in [-0.3, -0.25) is 0 Å². The van der Waals surface area contributed by atoms with E-state index in [2.05, 4.69) is 9.62 Å². The van der Waals surface area contributed by atoms with Gasteiger partial charge in [0.15, 0.2) is 0 Å². The predicted molar refractivity (Wildman–Crippen MR) is 72.0 cm³/mol. The Labute approximate surface area is 113 Å². The molecule has 6 heteroatoms. The SMILES string of the molecule is Cc1cc(S(=O)(=O)NC2CCN(C)CC2)ccc1F. The Hall–Kier alpha value is -0.980. The smallest absolute Gasteiger partial charge is 0.240 e. The molecule has 0 aromatic heterocycles. The highest BCUT2D eigenvalue weighted by molar-refractivity contribution is 7.89. The maximum absolute atomic E-state index is 13.2. The zero-order chi connectivity index (χ0) is 14.0. The van der Waals surface area contributed by atoms with E-state index in [4.69, 9.17) is 0 Å². The van der Waals surface area contributed by atoms with E-state index in [1.807, 2.05) is 7.05 Å². The maximum Gasteiger partial charge on any atom is 0.240 e. The molecule has 0 saturated carbocycles. The van der Waals surface area contributed by atoms with Crippen LogP contribution < -0.4 is 4.72 Å². The van der Waals surface area contributed by atoms with Crippen molar-refractivity contribution in [2.75, 3.05) is 20.1 Å². The van der Waals surface area contributed by atoms with E-state index < -0.39 is 15.8 Å². The van der Waals surface area contributed by atoms with Crippen molar-refractivity contribution in [3.63, 3.8) is 0 Å². The van der Waals surface area contributed by atoms with Crippen LogP contribution in [0, 0.1) is 12.7 Å². The highest BCUT2D eigenvalue weighted by Gasteiger charge is 2.23. The molecule has 0 spiro atoms. The normalized spacial score (nSPS) is 18.7. The van der Waals surface area contributed by atoms with Crippen LogP contribution in [0.4, 0.5) is 4.39 Å². The van der Waals surface area contributed by atoms with Crippen LogP contribution in [0.5, 0.6) is 0 Å². The molecule has 1 fully saturated rings. The second-order valence-electron chi connectivity index (χ2n) is 5.11. The number of hydrogen-bond donors (Lipinski definition) is 1. The van der Waals surface area contributed by atoms with Gasteiger partial charge in [-0.25, -0.2) is 17.5 Å². The van der Waals surface area contributed by atoms with Crippen molar-refractivity contribution in [3.05, 3.63) is 29.6 Å². The summed E-state index contributed by atoms with van der Waals surface area (Å²) in [5.74, 6) is -0.391. The third kappa shape index (κ3) is 3.52. The third-order valence-electron chi connectivity index (χ3n) is 3.48. The number of likely N-dealkylation sites (tertiary alicyclic amines) is 1. The Morgan fingerprint density at radius 3 is 2.53 bits per heavy atom. The molecule has 0 aliphatic carbocycles. The number of hydrogen-bond acceptors (Lipinski definition) is 3. The number of nitrogens with zero attached hydrogens (tertiary/aromatic N) is 1. The van der Waals surface area contributed by atoms with Crippen molar-refractivity contribution in [3.8, 4) is 0 Å². The van der Waals surface area contributed by atoms with Crippen molar-refractivity contribution < 1.29 is 12.8 Å². The molecule has 1 heterocycles. The van der Waals surface area contributed by atoms with Gasteiger partial charge < -0.3 is 4.90 Å². The van der Waals surface area contributed by atoms with Gasteiger partial charge in [0.25, 0.3) is 0 Å². The van der Waals surface area contributed by atoms with E-state index in [1.54, 1.807) is 6.92 Å². The minimum atomic E-state index is -3.55. The van der Waals surface area contributed by atoms with Gasteiger partial charge in [0, 0.05) is 6.04 Å². The molecule has 1 aromatic carbocycles. The second-order valence-corrected chi connectivity index (χ2v) is 6.82. The lowest BCUT2D eigenvalue weighted by Crippen LogP contribution is -2.43. The standard InChI is InChI=1S/C13H19FN2O2S/c1-10-9-12(3-4-13(10)14)19(17,18)15-11-5-7-16(2)8-6-11/h3-4,9,11,15H,5-8H2,1-2H3. The summed E-state index contributed by atoms with van der Waals surface area (Å²) in [7, 11) is -1.53. The zero-order valence-corrected chi connectivity index (χ0v) is 12.0. The number of halogens is 1. The maximum atomic E-state index is 13.2. The number of nitrogens with one attached hydrogen (secondary N) is 1. The van der Waals surface area contributed by atoms with Crippen LogP contribution in [0.25, 0.3) is 0 Å². The monoisotopic (exact) mass is 286 g/mol. The van der Waals surface area contributed by atoms with Gasteiger partial charge in [-0.2, -0.15) is 0 Å². The molecule has 2 rings (SSSR count). The minimum absolute atomic E-state index is 0.0356. The average molecular weight is 286 g/mol. The number of rotatable bonds is 3. The molecule has 0 amide bonds. The molecule has 0 unspecified atom stereocenters. The van der Waals surface area contributed by atoms with Crippen LogP contribution in [0.2, 0.25) is 0 Å². The first-order valence-corrected chi connectivity index (χ1v) is 7.84. The zero-order valence-electron chi connectivity index (χ0n) is 11.2. The fourth-order valence-electron chi connectivity index (χ4n) is 2.20. The molecule has 1 aromatic rings. The number of piperidine rings is 1. The van der Waals surface area contributed by atoms with Gasteiger partial charge in [0.1, 0.15) is 5.82 Å². The fourth-order valence-corrected chi connectivity index (χ4v) is 3.59. The first-order chi connectivity index (χ1) is 8.88. The van der Waals surface area contributed by atoms with Crippen molar-refractivity contribution in [1.29, 1.82) is 0 Å². The average Bonchev–Trinajstić information content (AvgIpc) is 2.35. The van der Waals surface area contributed by atoms with Gasteiger partial charge in [-0.1, -0.05) is 0 Å². The topological polar surface area (TPSA) is 49.4 Å². The molecule has 4 nitrogen and oxygen atoms in total. The number of benzene rings is 1. The van der Waals surface area contributed by atoms with E-state index in [1.165, 1.54) is 18.2 Å². The van der Waals surface area contributed by atoms with Gasteiger partial charge in [-0.05, 0) is 63.7 Å². The van der Waals surface area contributed by atoms with Crippen LogP contribution in [0.1, 0.15) is 18.4 Å². The largest absolute Gasteiger partial charge is 0.306 e. The van der Waals surface area contributed by atoms with Crippen LogP contribution in [0.3, 0.4) is 0 Å². The molecule has 19 heavy (non-hydrogen) atoms. The van der Waals surface area contributed by atoms with Crippen LogP contribution in [0.15, 0.2) is 23.1 Å². The summed E-state index contributed by atoms with van der Waals surface area (Å²) >= 11 is 0. The van der Waals surface area contributed by atoms with E-state index in [-0.39, 0.29) is 10.9 Å². The van der Waals surface area contributed by atoms with Crippen LogP contribution in [-0.2, 0) is 10.0 Å². The molecule has 1 aliphatic rings. The number of sulfonamides is 1. The first-order valence-electron chi connectivity index (χ1n) is 6.35. The van der Waals surface area contributed by atoms with Crippen LogP contribution in [-0.4, -0.2) is 39.5 Å². The van der Waals surface area contributed by atoms with Gasteiger partial charge >= 0.3 is 0 Å². The third-order valence-corrected chi connectivity index (χ3v) is 5.00. The summed E-state index contributed by atoms with van der Waals surface area (Å²) in [5, 5.41) is 0. The Bertz CT molecular complexity index is 552. The van der Waals surface area contributed by atoms with Gasteiger partial charge in [0.2, 0.25) is 10.0 Å². The summed E-state index contributed by atoms with van der Waals surface area (Å²) in [6.45, 7) is 3.33. The Kier molecular flexibility index (Phi) is 4.23. The molecule has 1 aliphatic heterocycles. The van der Waals surface area contributed by atoms with E-state index in [0.29, 0.717) is 5.56 Å². The summed E-state index contributed by atoms with van der Waals surface area (Å²) < 4.78 is 40.3. The molecule has 0 bridgehead atoms. The lowest BCUT2D eigenvalue weighted by Gasteiger charge is -2.29. The van der Waals surface area contributed by atoms with Crippen molar-refractivity contribution in [2.24, 2.45) is 0 Å². The highest BCUT2D eigenvalue weighted by Crippen LogP contribution is 2.17. The summed E-state index contributed by atoms with van der Waals surface area (Å²) in [6.07, 6.45) is 1.60. The fraction of sp³-hybridized carbons (Fsp3) is 0.538. The molecule has 0 atom stereocenters. The molecule has 1 saturated heterocycles. The molecule has 106 valence electrons. The minimum Gasteiger partial charge on any atom is -0.306 e. The van der Waals surface area contributed by atoms with Crippen molar-refractivity contribution in [1.82, 2.24) is 9.62 Å². The first kappa shape index (κ1) is 14.4. The van der Waals surface area contributed by atoms with Crippen molar-refractivity contribution in [2.45, 2.75) is 30.7 Å². The van der Waals surface area contributed by atoms with Crippen molar-refractivity contribution >= 4 is 10.0 Å². The lowest BCUT2D eigenvalue weighted by atomic mass is 10.1. The second kappa shape index (κ2) is 5.56. The predicted octanol–water partition coefficient (Wildman–Crippen LogP) is 1.51. The van der Waals surface area contributed by atoms with Gasteiger partial charge in [-0.15, -0.1) is 0 Å². The Morgan fingerprint density at radius 1 is 1.32 bits per heavy atom. The Morgan fingerprint density at radius 2 is 1.95 bits per heavy atom. The van der Waals surface area contributed by atoms with E-state index >= 15 is 0 Å². The molecular weight excluding hydrogens is 267 g/mol. The van der Waals surface area contributed by atoms with Crippen LogP contribution >= 0.6 is 0 Å². The lowest BCUT2D eigenvalue weighted by molar-refractivity contribution is 0.248. The quantitative estimate of drug-likeness (QED) is 0.916. The van der Waals surface area contributed by atoms with Gasteiger partial charge in [0.05, 0.1) is 4.90 Å². The molecule has 1 N–H and O–H groups in total.